The number of ketones is 1. The average Bonchev–Trinajstić information content (AvgIpc) is 2.45. The zero-order valence-corrected chi connectivity index (χ0v) is 10.2. The molecule has 7 heteroatoms. The molecule has 0 aliphatic carbocycles. The third-order valence-electron chi connectivity index (χ3n) is 2.66. The second kappa shape index (κ2) is 5.38. The number of hydrogen-bond acceptors (Lipinski definition) is 4. The van der Waals surface area contributed by atoms with E-state index in [2.05, 4.69) is 9.97 Å². The van der Waals surface area contributed by atoms with Crippen molar-refractivity contribution in [3.05, 3.63) is 59.2 Å². The Kier molecular flexibility index (Phi) is 3.80. The van der Waals surface area contributed by atoms with E-state index in [0.717, 1.165) is 18.5 Å². The molecule has 0 spiro atoms. The molecule has 0 aliphatic heterocycles. The highest BCUT2D eigenvalue weighted by Crippen LogP contribution is 2.32. The molecule has 2 heterocycles. The van der Waals surface area contributed by atoms with Crippen molar-refractivity contribution in [1.82, 2.24) is 9.97 Å². The third-order valence-corrected chi connectivity index (χ3v) is 2.66. The molecule has 2 aromatic heterocycles. The topological polar surface area (TPSA) is 68.9 Å². The van der Waals surface area contributed by atoms with Crippen LogP contribution in [0.25, 0.3) is 0 Å². The van der Waals surface area contributed by atoms with Gasteiger partial charge in [0.05, 0.1) is 16.8 Å². The zero-order chi connectivity index (χ0) is 14.8. The Morgan fingerprint density at radius 2 is 2.00 bits per heavy atom. The van der Waals surface area contributed by atoms with Crippen molar-refractivity contribution in [1.29, 1.82) is 0 Å². The second-order valence-electron chi connectivity index (χ2n) is 3.99. The summed E-state index contributed by atoms with van der Waals surface area (Å²) < 4.78 is 38.6. The lowest BCUT2D eigenvalue weighted by molar-refractivity contribution is -0.137. The first-order chi connectivity index (χ1) is 9.43. The highest BCUT2D eigenvalue weighted by Gasteiger charge is 2.35. The minimum atomic E-state index is -4.61. The van der Waals surface area contributed by atoms with Crippen LogP contribution in [-0.4, -0.2) is 15.8 Å². The monoisotopic (exact) mass is 281 g/mol. The van der Waals surface area contributed by atoms with Crippen molar-refractivity contribution in [3.63, 3.8) is 0 Å². The number of nitrogens with zero attached hydrogens (tertiary/aromatic N) is 2. The molecule has 104 valence electrons. The molecule has 2 rings (SSSR count). The van der Waals surface area contributed by atoms with Gasteiger partial charge in [-0.2, -0.15) is 13.2 Å². The Labute approximate surface area is 112 Å². The summed E-state index contributed by atoms with van der Waals surface area (Å²) in [5.41, 5.74) is 4.41. The van der Waals surface area contributed by atoms with Crippen LogP contribution in [0, 0.1) is 0 Å². The Bertz CT molecular complexity index is 641. The van der Waals surface area contributed by atoms with Crippen molar-refractivity contribution < 1.29 is 18.0 Å². The van der Waals surface area contributed by atoms with Gasteiger partial charge in [-0.25, -0.2) is 0 Å². The number of pyridine rings is 2. The second-order valence-corrected chi connectivity index (χ2v) is 3.99. The number of carbonyl (C=O) groups excluding carboxylic acids is 1. The fraction of sp³-hybridized carbons (Fsp3) is 0.154. The van der Waals surface area contributed by atoms with Crippen molar-refractivity contribution >= 4 is 5.78 Å². The van der Waals surface area contributed by atoms with Gasteiger partial charge in [0.15, 0.2) is 5.78 Å². The van der Waals surface area contributed by atoms with Gasteiger partial charge in [-0.15, -0.1) is 0 Å². The summed E-state index contributed by atoms with van der Waals surface area (Å²) in [6, 6.07) is 3.49. The van der Waals surface area contributed by atoms with Gasteiger partial charge in [-0.1, -0.05) is 0 Å². The van der Waals surface area contributed by atoms with Gasteiger partial charge in [0.1, 0.15) is 0 Å². The molecule has 4 nitrogen and oxygen atoms in total. The molecule has 20 heavy (non-hydrogen) atoms. The van der Waals surface area contributed by atoms with Crippen LogP contribution in [0.1, 0.15) is 27.2 Å². The Morgan fingerprint density at radius 1 is 1.25 bits per heavy atom. The SMILES string of the molecule is NCc1cc(C(=O)c2cnccc2C(F)(F)F)ccn1. The number of carbonyl (C=O) groups is 1. The van der Waals surface area contributed by atoms with Gasteiger partial charge in [-0.05, 0) is 18.2 Å². The quantitative estimate of drug-likeness (QED) is 0.875. The highest BCUT2D eigenvalue weighted by molar-refractivity contribution is 6.09. The molecule has 2 N–H and O–H groups in total. The molecular weight excluding hydrogens is 271 g/mol. The predicted molar refractivity (Wildman–Crippen MR) is 64.8 cm³/mol. The molecule has 0 saturated heterocycles. The zero-order valence-electron chi connectivity index (χ0n) is 10.2. The van der Waals surface area contributed by atoms with E-state index in [-0.39, 0.29) is 12.1 Å². The van der Waals surface area contributed by atoms with E-state index < -0.39 is 23.1 Å². The molecule has 0 amide bonds. The molecular formula is C13H10F3N3O. The molecule has 0 atom stereocenters. The number of nitrogens with two attached hydrogens (primary N) is 1. The first-order valence-corrected chi connectivity index (χ1v) is 5.64. The molecule has 0 fully saturated rings. The maximum absolute atomic E-state index is 12.9. The first-order valence-electron chi connectivity index (χ1n) is 5.64. The summed E-state index contributed by atoms with van der Waals surface area (Å²) in [5.74, 6) is -0.762. The summed E-state index contributed by atoms with van der Waals surface area (Å²) in [4.78, 5) is 19.7. The van der Waals surface area contributed by atoms with E-state index in [1.165, 1.54) is 18.3 Å². The normalized spacial score (nSPS) is 11.4. The summed E-state index contributed by atoms with van der Waals surface area (Å²) in [7, 11) is 0. The molecule has 0 bridgehead atoms. The number of alkyl halides is 3. The average molecular weight is 281 g/mol. The standard InChI is InChI=1S/C13H10F3N3O/c14-13(15,16)11-2-3-18-7-10(11)12(20)8-1-4-19-9(5-8)6-17/h1-5,7H,6,17H2. The van der Waals surface area contributed by atoms with Crippen LogP contribution in [0.5, 0.6) is 0 Å². The molecule has 0 aromatic carbocycles. The van der Waals surface area contributed by atoms with Gasteiger partial charge in [0.2, 0.25) is 0 Å². The third kappa shape index (κ3) is 2.83. The maximum Gasteiger partial charge on any atom is 0.417 e. The lowest BCUT2D eigenvalue weighted by atomic mass is 10.0. The van der Waals surface area contributed by atoms with Gasteiger partial charge in [-0.3, -0.25) is 14.8 Å². The van der Waals surface area contributed by atoms with Gasteiger partial charge in [0, 0.05) is 30.7 Å². The van der Waals surface area contributed by atoms with Crippen LogP contribution in [-0.2, 0) is 12.7 Å². The van der Waals surface area contributed by atoms with Gasteiger partial charge in [0.25, 0.3) is 0 Å². The number of halogens is 3. The highest BCUT2D eigenvalue weighted by atomic mass is 19.4. The van der Waals surface area contributed by atoms with Crippen molar-refractivity contribution in [2.45, 2.75) is 12.7 Å². The van der Waals surface area contributed by atoms with E-state index in [9.17, 15) is 18.0 Å². The molecule has 0 aliphatic rings. The van der Waals surface area contributed by atoms with E-state index in [1.807, 2.05) is 0 Å². The van der Waals surface area contributed by atoms with Gasteiger partial charge < -0.3 is 5.73 Å². The predicted octanol–water partition coefficient (Wildman–Crippen LogP) is 2.19. The van der Waals surface area contributed by atoms with Crippen molar-refractivity contribution in [2.75, 3.05) is 0 Å². The molecule has 0 saturated carbocycles. The van der Waals surface area contributed by atoms with Crippen LogP contribution in [0.2, 0.25) is 0 Å². The van der Waals surface area contributed by atoms with Crippen LogP contribution >= 0.6 is 0 Å². The maximum atomic E-state index is 12.9. The minimum absolute atomic E-state index is 0.0962. The van der Waals surface area contributed by atoms with Crippen LogP contribution < -0.4 is 5.73 Å². The summed E-state index contributed by atoms with van der Waals surface area (Å²) >= 11 is 0. The summed E-state index contributed by atoms with van der Waals surface area (Å²) in [6.45, 7) is 0.0975. The Hall–Kier alpha value is -2.28. The summed E-state index contributed by atoms with van der Waals surface area (Å²) in [5, 5.41) is 0. The molecule has 0 unspecified atom stereocenters. The molecule has 2 aromatic rings. The van der Waals surface area contributed by atoms with Crippen LogP contribution in [0.3, 0.4) is 0 Å². The van der Waals surface area contributed by atoms with Crippen molar-refractivity contribution in [3.8, 4) is 0 Å². The first kappa shape index (κ1) is 14.1. The number of rotatable bonds is 3. The number of hydrogen-bond donors (Lipinski definition) is 1. The smallest absolute Gasteiger partial charge is 0.325 e. The molecule has 0 radical (unpaired) electrons. The van der Waals surface area contributed by atoms with Crippen LogP contribution in [0.15, 0.2) is 36.8 Å². The van der Waals surface area contributed by atoms with Gasteiger partial charge >= 0.3 is 6.18 Å². The minimum Gasteiger partial charge on any atom is -0.325 e. The number of aromatic nitrogens is 2. The van der Waals surface area contributed by atoms with Crippen LogP contribution in [0.4, 0.5) is 13.2 Å². The Morgan fingerprint density at radius 3 is 2.65 bits per heavy atom. The lowest BCUT2D eigenvalue weighted by Gasteiger charge is -2.11. The fourth-order valence-electron chi connectivity index (χ4n) is 1.71. The Balaban J connectivity index is 2.48. The fourth-order valence-corrected chi connectivity index (χ4v) is 1.71. The van der Waals surface area contributed by atoms with E-state index >= 15 is 0 Å². The van der Waals surface area contributed by atoms with Crippen molar-refractivity contribution in [2.24, 2.45) is 5.73 Å². The largest absolute Gasteiger partial charge is 0.417 e. The summed E-state index contributed by atoms with van der Waals surface area (Å²) in [6.07, 6.45) is -1.37. The van der Waals surface area contributed by atoms with E-state index in [1.54, 1.807) is 0 Å². The van der Waals surface area contributed by atoms with E-state index in [4.69, 9.17) is 5.73 Å². The van der Waals surface area contributed by atoms with E-state index in [0.29, 0.717) is 5.69 Å². The lowest BCUT2D eigenvalue weighted by Crippen LogP contribution is -2.14.